The Bertz CT molecular complexity index is 1420. The minimum Gasteiger partial charge on any atom is -0.597 e. The molecule has 2 atom stereocenters. The van der Waals surface area contributed by atoms with Gasteiger partial charge in [0.15, 0.2) is 10.6 Å². The molecule has 4 heterocycles. The number of aromatic nitrogens is 3. The fourth-order valence-electron chi connectivity index (χ4n) is 6.67. The molecule has 3 aromatic rings. The van der Waals surface area contributed by atoms with E-state index in [1.54, 1.807) is 6.20 Å². The minimum atomic E-state index is -1.12. The van der Waals surface area contributed by atoms with Crippen LogP contribution in [-0.4, -0.2) is 32.6 Å². The van der Waals surface area contributed by atoms with Crippen molar-refractivity contribution in [3.05, 3.63) is 58.9 Å². The Morgan fingerprint density at radius 2 is 1.87 bits per heavy atom. The van der Waals surface area contributed by atoms with Gasteiger partial charge in [-0.05, 0) is 69.1 Å². The lowest BCUT2D eigenvalue weighted by atomic mass is 9.72. The predicted molar refractivity (Wildman–Crippen MR) is 152 cm³/mol. The Kier molecular flexibility index (Phi) is 5.64. The molecule has 1 saturated carbocycles. The number of hydrogen-bond donors (Lipinski definition) is 3. The Labute approximate surface area is 230 Å². The van der Waals surface area contributed by atoms with E-state index in [1.807, 2.05) is 12.3 Å². The quantitative estimate of drug-likeness (QED) is 0.406. The number of nitrogen functional groups attached to an aromatic ring is 2. The SMILES string of the molecule is CC1(C)c2cccc3c2[C@@H](N[S+]1[O-])C1(CCN(c2cnc(Sc4ccnc(N)c4C4CC4)c(N)n2)CC1)C3. The van der Waals surface area contributed by atoms with Crippen LogP contribution in [0.15, 0.2) is 46.6 Å². The van der Waals surface area contributed by atoms with Crippen LogP contribution < -0.4 is 21.1 Å². The van der Waals surface area contributed by atoms with Crippen molar-refractivity contribution in [1.29, 1.82) is 0 Å². The highest BCUT2D eigenvalue weighted by molar-refractivity contribution is 7.99. The molecule has 5 N–H and O–H groups in total. The molecule has 2 aliphatic heterocycles. The summed E-state index contributed by atoms with van der Waals surface area (Å²) < 4.78 is 16.4. The summed E-state index contributed by atoms with van der Waals surface area (Å²) in [6.45, 7) is 5.89. The summed E-state index contributed by atoms with van der Waals surface area (Å²) in [5.74, 6) is 2.34. The highest BCUT2D eigenvalue weighted by atomic mass is 32.2. The van der Waals surface area contributed by atoms with E-state index in [-0.39, 0.29) is 16.2 Å². The third-order valence-corrected chi connectivity index (χ3v) is 11.7. The van der Waals surface area contributed by atoms with Crippen molar-refractivity contribution in [2.24, 2.45) is 5.41 Å². The predicted octanol–water partition coefficient (Wildman–Crippen LogP) is 4.45. The van der Waals surface area contributed by atoms with Crippen LogP contribution in [0.2, 0.25) is 0 Å². The zero-order chi connectivity index (χ0) is 26.2. The van der Waals surface area contributed by atoms with Crippen molar-refractivity contribution < 1.29 is 4.55 Å². The maximum absolute atomic E-state index is 13.2. The van der Waals surface area contributed by atoms with Crippen LogP contribution in [0.4, 0.5) is 17.5 Å². The number of piperidine rings is 1. The van der Waals surface area contributed by atoms with Gasteiger partial charge in [-0.3, -0.25) is 0 Å². The lowest BCUT2D eigenvalue weighted by molar-refractivity contribution is 0.173. The first-order valence-corrected chi connectivity index (χ1v) is 15.3. The topological polar surface area (TPSA) is 129 Å². The fourth-order valence-corrected chi connectivity index (χ4v) is 8.89. The highest BCUT2D eigenvalue weighted by Gasteiger charge is 2.56. The molecule has 2 fully saturated rings. The second-order valence-electron chi connectivity index (χ2n) is 11.6. The van der Waals surface area contributed by atoms with Crippen molar-refractivity contribution in [2.75, 3.05) is 29.5 Å². The molecule has 198 valence electrons. The number of nitrogens with zero attached hydrogens (tertiary/aromatic N) is 4. The third-order valence-electron chi connectivity index (χ3n) is 8.98. The average molecular weight is 548 g/mol. The van der Waals surface area contributed by atoms with E-state index in [0.29, 0.717) is 22.6 Å². The van der Waals surface area contributed by atoms with E-state index < -0.39 is 11.4 Å². The van der Waals surface area contributed by atoms with Crippen LogP contribution in [-0.2, 0) is 22.5 Å². The normalized spacial score (nSPS) is 25.0. The Balaban J connectivity index is 1.09. The second kappa shape index (κ2) is 8.74. The summed E-state index contributed by atoms with van der Waals surface area (Å²) in [7, 11) is 0. The van der Waals surface area contributed by atoms with Crippen molar-refractivity contribution >= 4 is 40.6 Å². The van der Waals surface area contributed by atoms with Gasteiger partial charge in [0, 0.05) is 52.1 Å². The van der Waals surface area contributed by atoms with Crippen LogP contribution in [0.3, 0.4) is 0 Å². The average Bonchev–Trinajstić information content (AvgIpc) is 3.69. The zero-order valence-electron chi connectivity index (χ0n) is 21.7. The Hall–Kier alpha value is -2.53. The molecule has 1 saturated heterocycles. The zero-order valence-corrected chi connectivity index (χ0v) is 23.4. The van der Waals surface area contributed by atoms with Crippen molar-refractivity contribution in [3.8, 4) is 0 Å². The monoisotopic (exact) mass is 547 g/mol. The number of fused-ring (bicyclic) bond motifs is 1. The number of anilines is 3. The summed E-state index contributed by atoms with van der Waals surface area (Å²) in [4.78, 5) is 17.1. The molecule has 2 aliphatic carbocycles. The summed E-state index contributed by atoms with van der Waals surface area (Å²) in [5.41, 5.74) is 17.8. The van der Waals surface area contributed by atoms with E-state index in [1.165, 1.54) is 28.5 Å². The minimum absolute atomic E-state index is 0.0658. The standard InChI is InChI=1S/C28H33N7OS2/c1-27(2)18-5-3-4-17-14-28(23(21(17)18)34-38(27)36)9-12-35(13-10-28)20-15-32-26(25(30)33-20)37-19-8-11-31-24(29)22(19)16-6-7-16/h3-5,8,11,15-16,23,34H,6-7,9-10,12-14H2,1-2H3,(H2,29,31)(H2,30,33)/t23-,38?/m1/s1. The molecule has 1 aromatic carbocycles. The number of rotatable bonds is 4. The van der Waals surface area contributed by atoms with Gasteiger partial charge in [-0.25, -0.2) is 15.0 Å². The van der Waals surface area contributed by atoms with E-state index >= 15 is 0 Å². The van der Waals surface area contributed by atoms with Gasteiger partial charge in [0.2, 0.25) is 0 Å². The highest BCUT2D eigenvalue weighted by Crippen LogP contribution is 2.57. The number of nitrogens with one attached hydrogen (secondary N) is 1. The Morgan fingerprint density at radius 1 is 1.08 bits per heavy atom. The van der Waals surface area contributed by atoms with Crippen LogP contribution in [0.5, 0.6) is 0 Å². The van der Waals surface area contributed by atoms with Crippen LogP contribution >= 0.6 is 11.8 Å². The number of pyridine rings is 1. The van der Waals surface area contributed by atoms with Gasteiger partial charge in [0.1, 0.15) is 16.7 Å². The molecule has 38 heavy (non-hydrogen) atoms. The Morgan fingerprint density at radius 3 is 2.61 bits per heavy atom. The van der Waals surface area contributed by atoms with Crippen molar-refractivity contribution in [3.63, 3.8) is 0 Å². The molecule has 1 unspecified atom stereocenters. The molecule has 0 bridgehead atoms. The van der Waals surface area contributed by atoms with E-state index in [0.717, 1.165) is 61.5 Å². The number of benzene rings is 1. The third kappa shape index (κ3) is 3.79. The van der Waals surface area contributed by atoms with Crippen LogP contribution in [0, 0.1) is 5.41 Å². The first kappa shape index (κ1) is 24.5. The molecular weight excluding hydrogens is 514 g/mol. The van der Waals surface area contributed by atoms with E-state index in [4.69, 9.17) is 21.4 Å². The van der Waals surface area contributed by atoms with Crippen LogP contribution in [0.25, 0.3) is 0 Å². The molecule has 10 heteroatoms. The second-order valence-corrected chi connectivity index (χ2v) is 14.5. The summed E-state index contributed by atoms with van der Waals surface area (Å²) in [6, 6.07) is 8.69. The molecule has 0 amide bonds. The molecule has 2 aromatic heterocycles. The maximum atomic E-state index is 13.2. The smallest absolute Gasteiger partial charge is 0.164 e. The molecule has 1 spiro atoms. The maximum Gasteiger partial charge on any atom is 0.164 e. The largest absolute Gasteiger partial charge is 0.597 e. The van der Waals surface area contributed by atoms with Gasteiger partial charge >= 0.3 is 0 Å². The van der Waals surface area contributed by atoms with Gasteiger partial charge in [0.25, 0.3) is 0 Å². The van der Waals surface area contributed by atoms with Gasteiger partial charge in [0.05, 0.1) is 12.2 Å². The fraction of sp³-hybridized carbons (Fsp3) is 0.464. The lowest BCUT2D eigenvalue weighted by Crippen LogP contribution is -2.52. The molecule has 0 radical (unpaired) electrons. The molecular formula is C28H33N7OS2. The summed E-state index contributed by atoms with van der Waals surface area (Å²) >= 11 is 0.401. The molecule has 7 rings (SSSR count). The summed E-state index contributed by atoms with van der Waals surface area (Å²) in [6.07, 6.45) is 8.90. The van der Waals surface area contributed by atoms with Gasteiger partial charge in [-0.2, -0.15) is 0 Å². The first-order valence-electron chi connectivity index (χ1n) is 13.4. The molecule has 4 aliphatic rings. The van der Waals surface area contributed by atoms with Gasteiger partial charge in [-0.15, -0.1) is 4.72 Å². The van der Waals surface area contributed by atoms with Gasteiger partial charge < -0.3 is 20.9 Å². The summed E-state index contributed by atoms with van der Waals surface area (Å²) in [5, 5.41) is 0.699. The number of nitrogens with two attached hydrogens (primary N) is 2. The van der Waals surface area contributed by atoms with Crippen LogP contribution in [0.1, 0.15) is 73.7 Å². The van der Waals surface area contributed by atoms with E-state index in [9.17, 15) is 4.55 Å². The first-order chi connectivity index (χ1) is 18.3. The lowest BCUT2D eigenvalue weighted by Gasteiger charge is -2.46. The van der Waals surface area contributed by atoms with E-state index in [2.05, 4.69) is 46.7 Å². The molecule has 8 nitrogen and oxygen atoms in total. The van der Waals surface area contributed by atoms with Crippen molar-refractivity contribution in [1.82, 2.24) is 19.7 Å². The van der Waals surface area contributed by atoms with Crippen molar-refractivity contribution in [2.45, 2.75) is 72.6 Å². The van der Waals surface area contributed by atoms with Gasteiger partial charge in [-0.1, -0.05) is 30.0 Å². The number of hydrogen-bond acceptors (Lipinski definition) is 9.